The molecule has 8 heteroatoms. The predicted octanol–water partition coefficient (Wildman–Crippen LogP) is 5.86. The fraction of sp³-hybridized carbons (Fsp3) is 0.391. The van der Waals surface area contributed by atoms with Crippen molar-refractivity contribution in [2.45, 2.75) is 45.7 Å². The summed E-state index contributed by atoms with van der Waals surface area (Å²) in [6.07, 6.45) is 2.34. The van der Waals surface area contributed by atoms with Crippen LogP contribution in [0, 0.1) is 0 Å². The van der Waals surface area contributed by atoms with Crippen LogP contribution in [-0.4, -0.2) is 35.9 Å². The van der Waals surface area contributed by atoms with Gasteiger partial charge in [0, 0.05) is 17.6 Å². The van der Waals surface area contributed by atoms with E-state index in [0.29, 0.717) is 28.8 Å². The number of halogens is 3. The minimum Gasteiger partial charge on any atom is -0.484 e. The highest BCUT2D eigenvalue weighted by atomic mass is 79.9. The van der Waals surface area contributed by atoms with E-state index in [1.807, 2.05) is 19.1 Å². The van der Waals surface area contributed by atoms with E-state index < -0.39 is 6.04 Å². The number of benzene rings is 2. The van der Waals surface area contributed by atoms with E-state index >= 15 is 0 Å². The Morgan fingerprint density at radius 3 is 2.42 bits per heavy atom. The van der Waals surface area contributed by atoms with E-state index in [4.69, 9.17) is 27.9 Å². The summed E-state index contributed by atoms with van der Waals surface area (Å²) in [6.45, 7) is 4.56. The van der Waals surface area contributed by atoms with Crippen LogP contribution in [0.15, 0.2) is 46.9 Å². The number of ether oxygens (including phenoxy) is 1. The van der Waals surface area contributed by atoms with Gasteiger partial charge in [0.2, 0.25) is 5.91 Å². The molecule has 2 aromatic carbocycles. The maximum absolute atomic E-state index is 13.1. The molecule has 0 saturated carbocycles. The Balaban J connectivity index is 2.19. The fourth-order valence-corrected chi connectivity index (χ4v) is 3.60. The average molecular weight is 530 g/mol. The van der Waals surface area contributed by atoms with Crippen molar-refractivity contribution in [1.29, 1.82) is 0 Å². The molecule has 0 fully saturated rings. The van der Waals surface area contributed by atoms with Gasteiger partial charge in [-0.15, -0.1) is 0 Å². The molecule has 0 aromatic heterocycles. The van der Waals surface area contributed by atoms with E-state index in [1.165, 1.54) is 0 Å². The lowest BCUT2D eigenvalue weighted by atomic mass is 10.1. The molecule has 2 aromatic rings. The van der Waals surface area contributed by atoms with Crippen LogP contribution >= 0.6 is 39.1 Å². The molecule has 0 radical (unpaired) electrons. The molecular weight excluding hydrogens is 503 g/mol. The third-order valence-corrected chi connectivity index (χ3v) is 6.00. The molecule has 31 heavy (non-hydrogen) atoms. The van der Waals surface area contributed by atoms with Crippen molar-refractivity contribution in [3.8, 4) is 5.75 Å². The Kier molecular flexibility index (Phi) is 10.6. The van der Waals surface area contributed by atoms with Crippen molar-refractivity contribution in [2.24, 2.45) is 0 Å². The third kappa shape index (κ3) is 8.02. The first kappa shape index (κ1) is 25.5. The zero-order valence-electron chi connectivity index (χ0n) is 17.7. The third-order valence-electron chi connectivity index (χ3n) is 4.73. The summed E-state index contributed by atoms with van der Waals surface area (Å²) < 4.78 is 6.59. The van der Waals surface area contributed by atoms with Crippen molar-refractivity contribution in [3.05, 3.63) is 62.5 Å². The first-order valence-corrected chi connectivity index (χ1v) is 11.8. The summed E-state index contributed by atoms with van der Waals surface area (Å²) in [5.74, 6) is 0.117. The fourth-order valence-electron chi connectivity index (χ4n) is 3.02. The molecular formula is C23H27BrCl2N2O3. The van der Waals surface area contributed by atoms with Gasteiger partial charge in [0.05, 0.1) is 10.0 Å². The van der Waals surface area contributed by atoms with Gasteiger partial charge in [-0.05, 0) is 54.8 Å². The summed E-state index contributed by atoms with van der Waals surface area (Å²) in [4.78, 5) is 27.5. The molecule has 5 nitrogen and oxygen atoms in total. The molecule has 0 heterocycles. The lowest BCUT2D eigenvalue weighted by Crippen LogP contribution is -2.50. The number of hydrogen-bond acceptors (Lipinski definition) is 3. The van der Waals surface area contributed by atoms with Gasteiger partial charge in [-0.25, -0.2) is 0 Å². The lowest BCUT2D eigenvalue weighted by molar-refractivity contribution is -0.143. The number of nitrogens with one attached hydrogen (secondary N) is 1. The van der Waals surface area contributed by atoms with Crippen molar-refractivity contribution in [2.75, 3.05) is 13.2 Å². The minimum absolute atomic E-state index is 0.173. The van der Waals surface area contributed by atoms with E-state index in [2.05, 4.69) is 28.2 Å². The highest BCUT2D eigenvalue weighted by Gasteiger charge is 2.29. The normalized spacial score (nSPS) is 11.6. The average Bonchev–Trinajstić information content (AvgIpc) is 2.75. The number of hydrogen-bond donors (Lipinski definition) is 1. The lowest BCUT2D eigenvalue weighted by Gasteiger charge is -2.30. The maximum atomic E-state index is 13.1. The summed E-state index contributed by atoms with van der Waals surface area (Å²) >= 11 is 15.5. The van der Waals surface area contributed by atoms with E-state index in [-0.39, 0.29) is 25.0 Å². The molecule has 0 spiro atoms. The minimum atomic E-state index is -0.618. The van der Waals surface area contributed by atoms with Crippen LogP contribution in [0.25, 0.3) is 0 Å². The van der Waals surface area contributed by atoms with Gasteiger partial charge < -0.3 is 15.0 Å². The standard InChI is InChI=1S/C23H27BrCl2N2O3/c1-3-5-12-27-23(30)21(4-2)28(14-16-6-11-19(25)20(26)13-16)22(29)15-31-18-9-7-17(24)8-10-18/h6-11,13,21H,3-5,12,14-15H2,1-2H3,(H,27,30)/t21-/m0/s1. The van der Waals surface area contributed by atoms with Gasteiger partial charge in [0.15, 0.2) is 6.61 Å². The first-order valence-electron chi connectivity index (χ1n) is 10.2. The van der Waals surface area contributed by atoms with Crippen LogP contribution in [0.2, 0.25) is 10.0 Å². The van der Waals surface area contributed by atoms with Gasteiger partial charge in [-0.2, -0.15) is 0 Å². The van der Waals surface area contributed by atoms with Crippen molar-refractivity contribution >= 4 is 50.9 Å². The molecule has 168 valence electrons. The van der Waals surface area contributed by atoms with Crippen molar-refractivity contribution < 1.29 is 14.3 Å². The van der Waals surface area contributed by atoms with Gasteiger partial charge in [-0.1, -0.05) is 65.5 Å². The van der Waals surface area contributed by atoms with Crippen LogP contribution in [0.1, 0.15) is 38.7 Å². The van der Waals surface area contributed by atoms with Crippen LogP contribution in [0.4, 0.5) is 0 Å². The SMILES string of the molecule is CCCCNC(=O)[C@H](CC)N(Cc1ccc(Cl)c(Cl)c1)C(=O)COc1ccc(Br)cc1. The number of nitrogens with zero attached hydrogens (tertiary/aromatic N) is 1. The quantitative estimate of drug-likeness (QED) is 0.371. The molecule has 0 aliphatic rings. The van der Waals surface area contributed by atoms with Gasteiger partial charge in [0.25, 0.3) is 5.91 Å². The highest BCUT2D eigenvalue weighted by molar-refractivity contribution is 9.10. The monoisotopic (exact) mass is 528 g/mol. The number of carbonyl (C=O) groups is 2. The van der Waals surface area contributed by atoms with Gasteiger partial charge in [-0.3, -0.25) is 9.59 Å². The topological polar surface area (TPSA) is 58.6 Å². The molecule has 0 aliphatic carbocycles. The van der Waals surface area contributed by atoms with Crippen LogP contribution < -0.4 is 10.1 Å². The second-order valence-corrected chi connectivity index (χ2v) is 8.81. The smallest absolute Gasteiger partial charge is 0.261 e. The molecule has 2 amide bonds. The molecule has 0 saturated heterocycles. The summed E-state index contributed by atoms with van der Waals surface area (Å²) in [5, 5.41) is 3.77. The van der Waals surface area contributed by atoms with Crippen molar-refractivity contribution in [1.82, 2.24) is 10.2 Å². The number of amides is 2. The summed E-state index contributed by atoms with van der Waals surface area (Å²) in [5.41, 5.74) is 0.784. The van der Waals surface area contributed by atoms with E-state index in [0.717, 1.165) is 22.9 Å². The second-order valence-electron chi connectivity index (χ2n) is 7.08. The first-order chi connectivity index (χ1) is 14.8. The maximum Gasteiger partial charge on any atom is 0.261 e. The molecule has 0 aliphatic heterocycles. The number of carbonyl (C=O) groups excluding carboxylic acids is 2. The number of rotatable bonds is 11. The largest absolute Gasteiger partial charge is 0.484 e. The number of unbranched alkanes of at least 4 members (excludes halogenated alkanes) is 1. The van der Waals surface area contributed by atoms with Crippen molar-refractivity contribution in [3.63, 3.8) is 0 Å². The Labute approximate surface area is 202 Å². The molecule has 1 atom stereocenters. The highest BCUT2D eigenvalue weighted by Crippen LogP contribution is 2.24. The van der Waals surface area contributed by atoms with Crippen LogP contribution in [0.3, 0.4) is 0 Å². The zero-order chi connectivity index (χ0) is 22.8. The van der Waals surface area contributed by atoms with Gasteiger partial charge in [0.1, 0.15) is 11.8 Å². The predicted molar refractivity (Wildman–Crippen MR) is 129 cm³/mol. The van der Waals surface area contributed by atoms with Gasteiger partial charge >= 0.3 is 0 Å². The molecule has 2 rings (SSSR count). The second kappa shape index (κ2) is 12.9. The Hall–Kier alpha value is -1.76. The Morgan fingerprint density at radius 2 is 1.81 bits per heavy atom. The Bertz CT molecular complexity index is 878. The summed E-state index contributed by atoms with van der Waals surface area (Å²) in [7, 11) is 0. The van der Waals surface area contributed by atoms with Crippen LogP contribution in [-0.2, 0) is 16.1 Å². The Morgan fingerprint density at radius 1 is 1.10 bits per heavy atom. The molecule has 1 N–H and O–H groups in total. The van der Waals surface area contributed by atoms with E-state index in [9.17, 15) is 9.59 Å². The molecule has 0 unspecified atom stereocenters. The van der Waals surface area contributed by atoms with Crippen LogP contribution in [0.5, 0.6) is 5.75 Å². The zero-order valence-corrected chi connectivity index (χ0v) is 20.8. The summed E-state index contributed by atoms with van der Waals surface area (Å²) in [6, 6.07) is 11.8. The molecule has 0 bridgehead atoms. The van der Waals surface area contributed by atoms with E-state index in [1.54, 1.807) is 35.2 Å².